The zero-order valence-corrected chi connectivity index (χ0v) is 8.83. The maximum atomic E-state index is 10.9. The average Bonchev–Trinajstić information content (AvgIpc) is 2.65. The molecule has 0 spiro atoms. The Labute approximate surface area is 90.7 Å². The molecule has 80 valence electrons. The van der Waals surface area contributed by atoms with Crippen molar-refractivity contribution in [2.75, 3.05) is 19.6 Å². The van der Waals surface area contributed by atoms with E-state index in [-0.39, 0.29) is 13.1 Å². The van der Waals surface area contributed by atoms with Crippen molar-refractivity contribution in [3.8, 4) is 0 Å². The van der Waals surface area contributed by atoms with Gasteiger partial charge in [0.05, 0.1) is 18.1 Å². The molecule has 1 saturated heterocycles. The van der Waals surface area contributed by atoms with Crippen molar-refractivity contribution in [2.45, 2.75) is 6.42 Å². The van der Waals surface area contributed by atoms with Gasteiger partial charge in [0, 0.05) is 24.5 Å². The highest BCUT2D eigenvalue weighted by Gasteiger charge is 2.24. The lowest BCUT2D eigenvalue weighted by atomic mass is 10.3. The standard InChI is InChI=1S/C9H10N2O3S/c12-8-5-11(6-9(13)14-8)3-1-7-10-2-4-15-7/h2,4H,1,3,5-6H2. The van der Waals surface area contributed by atoms with Crippen LogP contribution in [0, 0.1) is 0 Å². The third kappa shape index (κ3) is 2.84. The number of hydrogen-bond acceptors (Lipinski definition) is 6. The summed E-state index contributed by atoms with van der Waals surface area (Å²) in [7, 11) is 0. The third-order valence-electron chi connectivity index (χ3n) is 2.06. The minimum atomic E-state index is -0.467. The number of morpholine rings is 1. The average molecular weight is 226 g/mol. The number of hydrogen-bond donors (Lipinski definition) is 0. The molecule has 1 aromatic heterocycles. The van der Waals surface area contributed by atoms with Gasteiger partial charge in [0.1, 0.15) is 0 Å². The molecule has 1 aliphatic rings. The quantitative estimate of drug-likeness (QED) is 0.539. The predicted octanol–water partition coefficient (Wildman–Crippen LogP) is 0.0710. The molecule has 1 aromatic rings. The van der Waals surface area contributed by atoms with E-state index in [0.717, 1.165) is 11.4 Å². The second kappa shape index (κ2) is 4.50. The SMILES string of the molecule is O=C1CN(CCc2nccs2)CC(=O)O1. The zero-order valence-electron chi connectivity index (χ0n) is 8.01. The molecule has 0 amide bonds. The largest absolute Gasteiger partial charge is 0.391 e. The second-order valence-corrected chi connectivity index (χ2v) is 4.21. The van der Waals surface area contributed by atoms with Gasteiger partial charge in [-0.15, -0.1) is 11.3 Å². The van der Waals surface area contributed by atoms with Gasteiger partial charge in [0.2, 0.25) is 0 Å². The highest BCUT2D eigenvalue weighted by molar-refractivity contribution is 7.09. The highest BCUT2D eigenvalue weighted by atomic mass is 32.1. The zero-order chi connectivity index (χ0) is 10.7. The maximum Gasteiger partial charge on any atom is 0.327 e. The van der Waals surface area contributed by atoms with E-state index in [9.17, 15) is 9.59 Å². The Kier molecular flexibility index (Phi) is 3.08. The van der Waals surface area contributed by atoms with Crippen molar-refractivity contribution >= 4 is 23.3 Å². The second-order valence-electron chi connectivity index (χ2n) is 3.23. The molecular formula is C9H10N2O3S. The van der Waals surface area contributed by atoms with E-state index >= 15 is 0 Å². The first-order chi connectivity index (χ1) is 7.24. The number of esters is 2. The smallest absolute Gasteiger partial charge is 0.327 e. The Hall–Kier alpha value is -1.27. The number of rotatable bonds is 3. The Morgan fingerprint density at radius 2 is 2.13 bits per heavy atom. The predicted molar refractivity (Wildman–Crippen MR) is 53.4 cm³/mol. The van der Waals surface area contributed by atoms with E-state index in [0.29, 0.717) is 6.54 Å². The minimum Gasteiger partial charge on any atom is -0.391 e. The molecule has 6 heteroatoms. The summed E-state index contributed by atoms with van der Waals surface area (Å²) < 4.78 is 4.42. The number of nitrogens with zero attached hydrogens (tertiary/aromatic N) is 2. The molecule has 1 fully saturated rings. The molecule has 0 aliphatic carbocycles. The fourth-order valence-electron chi connectivity index (χ4n) is 1.40. The molecule has 0 radical (unpaired) electrons. The summed E-state index contributed by atoms with van der Waals surface area (Å²) in [6.45, 7) is 1.04. The molecule has 0 atom stereocenters. The molecule has 0 unspecified atom stereocenters. The van der Waals surface area contributed by atoms with Crippen molar-refractivity contribution in [1.29, 1.82) is 0 Å². The summed E-state index contributed by atoms with van der Waals surface area (Å²) in [4.78, 5) is 27.8. The number of cyclic esters (lactones) is 2. The van der Waals surface area contributed by atoms with Crippen LogP contribution in [0.1, 0.15) is 5.01 Å². The van der Waals surface area contributed by atoms with Crippen LogP contribution in [0.5, 0.6) is 0 Å². The number of thiazole rings is 1. The lowest BCUT2D eigenvalue weighted by Crippen LogP contribution is -2.43. The van der Waals surface area contributed by atoms with E-state index in [4.69, 9.17) is 0 Å². The molecule has 0 saturated carbocycles. The van der Waals surface area contributed by atoms with Gasteiger partial charge in [-0.1, -0.05) is 0 Å². The van der Waals surface area contributed by atoms with Crippen molar-refractivity contribution in [3.05, 3.63) is 16.6 Å². The van der Waals surface area contributed by atoms with Crippen LogP contribution in [0.15, 0.2) is 11.6 Å². The summed E-state index contributed by atoms with van der Waals surface area (Å²) >= 11 is 1.57. The number of ether oxygens (including phenoxy) is 1. The van der Waals surface area contributed by atoms with Crippen LogP contribution in [0.25, 0.3) is 0 Å². The lowest BCUT2D eigenvalue weighted by molar-refractivity contribution is -0.166. The van der Waals surface area contributed by atoms with Crippen LogP contribution >= 0.6 is 11.3 Å². The van der Waals surface area contributed by atoms with E-state index in [1.807, 2.05) is 5.38 Å². The summed E-state index contributed by atoms with van der Waals surface area (Å²) in [5.74, 6) is -0.934. The van der Waals surface area contributed by atoms with Crippen molar-refractivity contribution in [2.24, 2.45) is 0 Å². The Morgan fingerprint density at radius 3 is 2.73 bits per heavy atom. The summed E-state index contributed by atoms with van der Waals surface area (Å²) in [5.41, 5.74) is 0. The van der Waals surface area contributed by atoms with Gasteiger partial charge in [0.25, 0.3) is 0 Å². The molecule has 5 nitrogen and oxygen atoms in total. The number of carbonyl (C=O) groups excluding carboxylic acids is 2. The first kappa shape index (κ1) is 10.3. The Morgan fingerprint density at radius 1 is 1.40 bits per heavy atom. The fraction of sp³-hybridized carbons (Fsp3) is 0.444. The van der Waals surface area contributed by atoms with E-state index in [1.165, 1.54) is 0 Å². The van der Waals surface area contributed by atoms with Gasteiger partial charge in [-0.25, -0.2) is 4.98 Å². The van der Waals surface area contributed by atoms with Crippen LogP contribution in [0.3, 0.4) is 0 Å². The molecule has 15 heavy (non-hydrogen) atoms. The summed E-state index contributed by atoms with van der Waals surface area (Å²) in [6.07, 6.45) is 2.51. The molecule has 2 rings (SSSR count). The molecule has 2 heterocycles. The van der Waals surface area contributed by atoms with E-state index < -0.39 is 11.9 Å². The molecule has 1 aliphatic heterocycles. The number of aromatic nitrogens is 1. The van der Waals surface area contributed by atoms with Crippen LogP contribution in [0.2, 0.25) is 0 Å². The first-order valence-corrected chi connectivity index (χ1v) is 5.46. The topological polar surface area (TPSA) is 59.5 Å². The van der Waals surface area contributed by atoms with Crippen LogP contribution in [-0.4, -0.2) is 41.5 Å². The minimum absolute atomic E-state index is 0.192. The molecule has 0 aromatic carbocycles. The molecule has 0 N–H and O–H groups in total. The summed E-state index contributed by atoms with van der Waals surface area (Å²) in [6, 6.07) is 0. The van der Waals surface area contributed by atoms with Crippen LogP contribution in [0.4, 0.5) is 0 Å². The third-order valence-corrected chi connectivity index (χ3v) is 2.90. The maximum absolute atomic E-state index is 10.9. The fourth-order valence-corrected chi connectivity index (χ4v) is 2.01. The van der Waals surface area contributed by atoms with Crippen LogP contribution < -0.4 is 0 Å². The first-order valence-electron chi connectivity index (χ1n) is 4.58. The summed E-state index contributed by atoms with van der Waals surface area (Å²) in [5, 5.41) is 2.92. The van der Waals surface area contributed by atoms with Gasteiger partial charge >= 0.3 is 11.9 Å². The monoisotopic (exact) mass is 226 g/mol. The van der Waals surface area contributed by atoms with Gasteiger partial charge < -0.3 is 4.74 Å². The van der Waals surface area contributed by atoms with Crippen molar-refractivity contribution < 1.29 is 14.3 Å². The molecule has 0 bridgehead atoms. The Bertz CT molecular complexity index is 347. The highest BCUT2D eigenvalue weighted by Crippen LogP contribution is 2.07. The van der Waals surface area contributed by atoms with Crippen molar-refractivity contribution in [3.63, 3.8) is 0 Å². The molecular weight excluding hydrogens is 216 g/mol. The van der Waals surface area contributed by atoms with Crippen LogP contribution in [-0.2, 0) is 20.7 Å². The van der Waals surface area contributed by atoms with Gasteiger partial charge in [-0.3, -0.25) is 14.5 Å². The van der Waals surface area contributed by atoms with E-state index in [2.05, 4.69) is 9.72 Å². The van der Waals surface area contributed by atoms with Gasteiger partial charge in [0.15, 0.2) is 0 Å². The van der Waals surface area contributed by atoms with E-state index in [1.54, 1.807) is 22.4 Å². The van der Waals surface area contributed by atoms with Crippen molar-refractivity contribution in [1.82, 2.24) is 9.88 Å². The van der Waals surface area contributed by atoms with Gasteiger partial charge in [-0.05, 0) is 0 Å². The number of carbonyl (C=O) groups is 2. The van der Waals surface area contributed by atoms with Gasteiger partial charge in [-0.2, -0.15) is 0 Å². The normalized spacial score (nSPS) is 17.9. The Balaban J connectivity index is 1.84. The lowest BCUT2D eigenvalue weighted by Gasteiger charge is -2.23.